The van der Waals surface area contributed by atoms with Crippen LogP contribution in [0, 0.1) is 5.92 Å². The molecule has 2 aliphatic heterocycles. The molecule has 3 aliphatic rings. The summed E-state index contributed by atoms with van der Waals surface area (Å²) < 4.78 is 1.78. The lowest BCUT2D eigenvalue weighted by Gasteiger charge is -2.26. The topological polar surface area (TPSA) is 58.4 Å². The Hall–Kier alpha value is -1.85. The Balaban J connectivity index is 1.48. The molecule has 2 amide bonds. The molecule has 6 heteroatoms. The van der Waals surface area contributed by atoms with Crippen LogP contribution >= 0.6 is 0 Å². The largest absolute Gasteiger partial charge is 0.339 e. The van der Waals surface area contributed by atoms with E-state index in [4.69, 9.17) is 0 Å². The van der Waals surface area contributed by atoms with Crippen molar-refractivity contribution in [2.45, 2.75) is 44.2 Å². The number of nitrogens with zero attached hydrogens (tertiary/aromatic N) is 4. The van der Waals surface area contributed by atoms with E-state index in [0.717, 1.165) is 37.8 Å². The molecule has 0 aromatic carbocycles. The number of carbonyl (C=O) groups is 2. The number of rotatable bonds is 3. The zero-order valence-corrected chi connectivity index (χ0v) is 12.9. The molecule has 3 fully saturated rings. The van der Waals surface area contributed by atoms with Crippen LogP contribution in [0.1, 0.15) is 43.7 Å². The van der Waals surface area contributed by atoms with Crippen LogP contribution in [0.5, 0.6) is 0 Å². The van der Waals surface area contributed by atoms with Crippen molar-refractivity contribution in [2.75, 3.05) is 13.1 Å². The summed E-state index contributed by atoms with van der Waals surface area (Å²) in [6.07, 6.45) is 8.47. The highest BCUT2D eigenvalue weighted by Crippen LogP contribution is 2.37. The third-order valence-corrected chi connectivity index (χ3v) is 5.14. The minimum absolute atomic E-state index is 0.131. The number of amides is 2. The van der Waals surface area contributed by atoms with Crippen LogP contribution in [-0.4, -0.2) is 50.5 Å². The lowest BCUT2D eigenvalue weighted by atomic mass is 10.0. The van der Waals surface area contributed by atoms with Crippen molar-refractivity contribution in [1.29, 1.82) is 0 Å². The summed E-state index contributed by atoms with van der Waals surface area (Å²) in [5.41, 5.74) is 1.11. The summed E-state index contributed by atoms with van der Waals surface area (Å²) in [7, 11) is 1.90. The fourth-order valence-corrected chi connectivity index (χ4v) is 3.86. The average molecular weight is 302 g/mol. The first-order chi connectivity index (χ1) is 10.6. The Morgan fingerprint density at radius 3 is 2.82 bits per heavy atom. The molecule has 0 N–H and O–H groups in total. The van der Waals surface area contributed by atoms with Gasteiger partial charge in [0.1, 0.15) is 0 Å². The molecule has 0 bridgehead atoms. The van der Waals surface area contributed by atoms with E-state index in [-0.39, 0.29) is 23.8 Å². The molecular weight excluding hydrogens is 280 g/mol. The highest BCUT2D eigenvalue weighted by atomic mass is 16.2. The molecule has 1 aromatic heterocycles. The predicted molar refractivity (Wildman–Crippen MR) is 79.7 cm³/mol. The van der Waals surface area contributed by atoms with Crippen LogP contribution in [-0.2, 0) is 16.6 Å². The van der Waals surface area contributed by atoms with Gasteiger partial charge in [-0.15, -0.1) is 0 Å². The lowest BCUT2D eigenvalue weighted by molar-refractivity contribution is -0.136. The van der Waals surface area contributed by atoms with E-state index in [1.165, 1.54) is 0 Å². The van der Waals surface area contributed by atoms with E-state index in [1.54, 1.807) is 4.68 Å². The number of hydrogen-bond donors (Lipinski definition) is 0. The van der Waals surface area contributed by atoms with Crippen LogP contribution in [0.15, 0.2) is 12.4 Å². The second kappa shape index (κ2) is 5.11. The Labute approximate surface area is 130 Å². The summed E-state index contributed by atoms with van der Waals surface area (Å²) >= 11 is 0. The van der Waals surface area contributed by atoms with Gasteiger partial charge in [-0.2, -0.15) is 5.10 Å². The van der Waals surface area contributed by atoms with Crippen molar-refractivity contribution in [1.82, 2.24) is 19.6 Å². The zero-order chi connectivity index (χ0) is 15.3. The molecule has 1 aromatic rings. The monoisotopic (exact) mass is 302 g/mol. The van der Waals surface area contributed by atoms with Gasteiger partial charge in [0, 0.05) is 44.4 Å². The molecule has 3 heterocycles. The molecule has 0 unspecified atom stereocenters. The Kier molecular flexibility index (Phi) is 3.20. The van der Waals surface area contributed by atoms with E-state index < -0.39 is 0 Å². The summed E-state index contributed by atoms with van der Waals surface area (Å²) in [6, 6.07) is 0.546. The van der Waals surface area contributed by atoms with Gasteiger partial charge in [0.05, 0.1) is 18.2 Å². The maximum atomic E-state index is 12.9. The summed E-state index contributed by atoms with van der Waals surface area (Å²) in [5, 5.41) is 4.22. The maximum Gasteiger partial charge on any atom is 0.228 e. The van der Waals surface area contributed by atoms with E-state index in [9.17, 15) is 9.59 Å². The summed E-state index contributed by atoms with van der Waals surface area (Å²) in [6.45, 7) is 1.42. The Morgan fingerprint density at radius 1 is 1.32 bits per heavy atom. The third kappa shape index (κ3) is 2.30. The second-order valence-corrected chi connectivity index (χ2v) is 6.82. The average Bonchev–Trinajstić information content (AvgIpc) is 2.90. The van der Waals surface area contributed by atoms with Gasteiger partial charge in [-0.05, 0) is 25.7 Å². The smallest absolute Gasteiger partial charge is 0.228 e. The third-order valence-electron chi connectivity index (χ3n) is 5.14. The SMILES string of the molecule is Cn1cc([C@@H]2CCCN2C(=O)[C@@H]2CC(=O)N(C3CC3)C2)cn1. The van der Waals surface area contributed by atoms with Crippen LogP contribution in [0.25, 0.3) is 0 Å². The van der Waals surface area contributed by atoms with Crippen molar-refractivity contribution in [3.05, 3.63) is 18.0 Å². The molecule has 1 aliphatic carbocycles. The van der Waals surface area contributed by atoms with Gasteiger partial charge >= 0.3 is 0 Å². The molecule has 118 valence electrons. The first-order valence-corrected chi connectivity index (χ1v) is 8.22. The van der Waals surface area contributed by atoms with Gasteiger partial charge in [-0.1, -0.05) is 0 Å². The fraction of sp³-hybridized carbons (Fsp3) is 0.688. The van der Waals surface area contributed by atoms with E-state index in [2.05, 4.69) is 5.10 Å². The normalized spacial score (nSPS) is 28.7. The number of likely N-dealkylation sites (tertiary alicyclic amines) is 2. The van der Waals surface area contributed by atoms with Crippen molar-refractivity contribution in [2.24, 2.45) is 13.0 Å². The molecule has 0 spiro atoms. The van der Waals surface area contributed by atoms with Gasteiger partial charge in [-0.25, -0.2) is 0 Å². The van der Waals surface area contributed by atoms with Crippen molar-refractivity contribution >= 4 is 11.8 Å². The maximum absolute atomic E-state index is 12.9. The van der Waals surface area contributed by atoms with Crippen LogP contribution < -0.4 is 0 Å². The molecule has 0 radical (unpaired) electrons. The molecular formula is C16H22N4O2. The first kappa shape index (κ1) is 13.8. The van der Waals surface area contributed by atoms with Crippen LogP contribution in [0.4, 0.5) is 0 Å². The Bertz CT molecular complexity index is 607. The first-order valence-electron chi connectivity index (χ1n) is 8.22. The fourth-order valence-electron chi connectivity index (χ4n) is 3.86. The highest BCUT2D eigenvalue weighted by Gasteiger charge is 2.44. The molecule has 1 saturated carbocycles. The molecule has 2 saturated heterocycles. The van der Waals surface area contributed by atoms with E-state index >= 15 is 0 Å². The minimum Gasteiger partial charge on any atom is -0.339 e. The van der Waals surface area contributed by atoms with Crippen LogP contribution in [0.3, 0.4) is 0 Å². The number of carbonyl (C=O) groups excluding carboxylic acids is 2. The van der Waals surface area contributed by atoms with Gasteiger partial charge < -0.3 is 9.80 Å². The van der Waals surface area contributed by atoms with Gasteiger partial charge in [0.25, 0.3) is 0 Å². The molecule has 22 heavy (non-hydrogen) atoms. The number of aryl methyl sites for hydroxylation is 1. The van der Waals surface area contributed by atoms with E-state index in [1.807, 2.05) is 29.2 Å². The predicted octanol–water partition coefficient (Wildman–Crippen LogP) is 1.09. The van der Waals surface area contributed by atoms with Gasteiger partial charge in [-0.3, -0.25) is 14.3 Å². The summed E-state index contributed by atoms with van der Waals surface area (Å²) in [5.74, 6) is 0.172. The standard InChI is InChI=1S/C16H22N4O2/c1-18-9-12(8-17-18)14-3-2-6-19(14)16(22)11-7-15(21)20(10-11)13-4-5-13/h8-9,11,13-14H,2-7,10H2,1H3/t11-,14+/m1/s1. The van der Waals surface area contributed by atoms with Crippen molar-refractivity contribution < 1.29 is 9.59 Å². The van der Waals surface area contributed by atoms with Gasteiger partial charge in [0.2, 0.25) is 11.8 Å². The number of aromatic nitrogens is 2. The molecule has 6 nitrogen and oxygen atoms in total. The van der Waals surface area contributed by atoms with Crippen molar-refractivity contribution in [3.63, 3.8) is 0 Å². The second-order valence-electron chi connectivity index (χ2n) is 6.82. The van der Waals surface area contributed by atoms with Crippen molar-refractivity contribution in [3.8, 4) is 0 Å². The summed E-state index contributed by atoms with van der Waals surface area (Å²) in [4.78, 5) is 28.9. The molecule has 4 rings (SSSR count). The quantitative estimate of drug-likeness (QED) is 0.840. The highest BCUT2D eigenvalue weighted by molar-refractivity contribution is 5.90. The van der Waals surface area contributed by atoms with Gasteiger partial charge in [0.15, 0.2) is 0 Å². The molecule has 2 atom stereocenters. The van der Waals surface area contributed by atoms with E-state index in [0.29, 0.717) is 19.0 Å². The lowest BCUT2D eigenvalue weighted by Crippen LogP contribution is -2.37. The Morgan fingerprint density at radius 2 is 2.14 bits per heavy atom. The van der Waals surface area contributed by atoms with Crippen LogP contribution in [0.2, 0.25) is 0 Å². The minimum atomic E-state index is -0.148. The number of hydrogen-bond acceptors (Lipinski definition) is 3. The zero-order valence-electron chi connectivity index (χ0n) is 12.9.